The van der Waals surface area contributed by atoms with E-state index in [4.69, 9.17) is 4.74 Å². The largest absolute Gasteiger partial charge is 0.508 e. The average Bonchev–Trinajstić information content (AvgIpc) is 2.39. The predicted molar refractivity (Wildman–Crippen MR) is 74.1 cm³/mol. The van der Waals surface area contributed by atoms with Crippen molar-refractivity contribution in [2.45, 2.75) is 6.42 Å². The molecule has 0 saturated heterocycles. The van der Waals surface area contributed by atoms with Crippen LogP contribution in [-0.2, 0) is 6.42 Å². The molecule has 4 N–H and O–H groups in total. The zero-order valence-corrected chi connectivity index (χ0v) is 11.2. The van der Waals surface area contributed by atoms with Gasteiger partial charge in [0, 0.05) is 18.6 Å². The Bertz CT molecular complexity index is 670. The highest BCUT2D eigenvalue weighted by Gasteiger charge is 2.18. The molecule has 6 heteroatoms. The minimum absolute atomic E-state index is 0.0518. The standard InChI is InChI=1S/C15H14O6/c1-21-14-5-8(2-3-10(14)17)4-11(18)15-12(19)6-9(16)7-13(15)20/h2-3,5-7,16-17,19-20H,4H2,1H3. The number of ether oxygens (including phenoxy) is 1. The van der Waals surface area contributed by atoms with Crippen LogP contribution in [0.1, 0.15) is 15.9 Å². The summed E-state index contributed by atoms with van der Waals surface area (Å²) in [5.74, 6) is -1.69. The number of benzene rings is 2. The molecular formula is C15H14O6. The molecule has 0 fully saturated rings. The van der Waals surface area contributed by atoms with Crippen molar-refractivity contribution in [3.05, 3.63) is 41.5 Å². The summed E-state index contributed by atoms with van der Waals surface area (Å²) in [7, 11) is 1.39. The molecule has 0 spiro atoms. The molecule has 0 heterocycles. The number of carbonyl (C=O) groups excluding carboxylic acids is 1. The number of phenols is 4. The Morgan fingerprint density at radius 1 is 1.00 bits per heavy atom. The van der Waals surface area contributed by atoms with E-state index in [0.717, 1.165) is 12.1 Å². The number of hydrogen-bond acceptors (Lipinski definition) is 6. The fraction of sp³-hybridized carbons (Fsp3) is 0.133. The minimum Gasteiger partial charge on any atom is -0.508 e. The van der Waals surface area contributed by atoms with Crippen LogP contribution in [0.5, 0.6) is 28.7 Å². The fourth-order valence-electron chi connectivity index (χ4n) is 1.99. The summed E-state index contributed by atoms with van der Waals surface area (Å²) >= 11 is 0. The van der Waals surface area contributed by atoms with E-state index in [1.54, 1.807) is 0 Å². The molecule has 2 aromatic rings. The van der Waals surface area contributed by atoms with Gasteiger partial charge < -0.3 is 25.2 Å². The van der Waals surface area contributed by atoms with Crippen molar-refractivity contribution in [2.24, 2.45) is 0 Å². The van der Waals surface area contributed by atoms with E-state index >= 15 is 0 Å². The smallest absolute Gasteiger partial charge is 0.174 e. The second-order valence-electron chi connectivity index (χ2n) is 4.47. The lowest BCUT2D eigenvalue weighted by Crippen LogP contribution is -2.04. The zero-order valence-electron chi connectivity index (χ0n) is 11.2. The van der Waals surface area contributed by atoms with Crippen molar-refractivity contribution in [2.75, 3.05) is 7.11 Å². The monoisotopic (exact) mass is 290 g/mol. The lowest BCUT2D eigenvalue weighted by molar-refractivity contribution is 0.0987. The SMILES string of the molecule is COc1cc(CC(=O)c2c(O)cc(O)cc2O)ccc1O. The maximum Gasteiger partial charge on any atom is 0.174 e. The van der Waals surface area contributed by atoms with Crippen LogP contribution in [0.3, 0.4) is 0 Å². The number of aromatic hydroxyl groups is 4. The predicted octanol–water partition coefficient (Wildman–Crippen LogP) is 1.94. The van der Waals surface area contributed by atoms with E-state index in [9.17, 15) is 25.2 Å². The van der Waals surface area contributed by atoms with Gasteiger partial charge in [-0.15, -0.1) is 0 Å². The van der Waals surface area contributed by atoms with E-state index in [1.165, 1.54) is 25.3 Å². The van der Waals surface area contributed by atoms with E-state index in [-0.39, 0.29) is 29.2 Å². The number of carbonyl (C=O) groups is 1. The summed E-state index contributed by atoms with van der Waals surface area (Å²) in [6.07, 6.45) is -0.109. The van der Waals surface area contributed by atoms with Gasteiger partial charge in [0.05, 0.1) is 7.11 Å². The van der Waals surface area contributed by atoms with E-state index in [1.807, 2.05) is 0 Å². The Kier molecular flexibility index (Phi) is 3.89. The van der Waals surface area contributed by atoms with Gasteiger partial charge in [0.15, 0.2) is 17.3 Å². The average molecular weight is 290 g/mol. The van der Waals surface area contributed by atoms with Gasteiger partial charge in [-0.05, 0) is 17.7 Å². The summed E-state index contributed by atoms with van der Waals surface area (Å²) < 4.78 is 4.94. The lowest BCUT2D eigenvalue weighted by Gasteiger charge is -2.09. The number of rotatable bonds is 4. The van der Waals surface area contributed by atoms with Crippen LogP contribution in [0.15, 0.2) is 30.3 Å². The van der Waals surface area contributed by atoms with Crippen LogP contribution in [0.25, 0.3) is 0 Å². The molecule has 2 aromatic carbocycles. The Morgan fingerprint density at radius 3 is 2.19 bits per heavy atom. The van der Waals surface area contributed by atoms with Crippen LogP contribution in [-0.4, -0.2) is 33.3 Å². The third-order valence-electron chi connectivity index (χ3n) is 2.97. The van der Waals surface area contributed by atoms with Crippen molar-refractivity contribution in [1.29, 1.82) is 0 Å². The van der Waals surface area contributed by atoms with Gasteiger partial charge in [0.1, 0.15) is 22.8 Å². The quantitative estimate of drug-likeness (QED) is 0.641. The minimum atomic E-state index is -0.530. The molecule has 0 atom stereocenters. The first-order valence-electron chi connectivity index (χ1n) is 6.06. The second-order valence-corrected chi connectivity index (χ2v) is 4.47. The molecule has 21 heavy (non-hydrogen) atoms. The van der Waals surface area contributed by atoms with E-state index in [0.29, 0.717) is 5.56 Å². The van der Waals surface area contributed by atoms with Gasteiger partial charge in [-0.25, -0.2) is 0 Å². The number of phenolic OH excluding ortho intramolecular Hbond substituents is 4. The summed E-state index contributed by atoms with van der Waals surface area (Å²) in [6, 6.07) is 6.36. The maximum absolute atomic E-state index is 12.1. The van der Waals surface area contributed by atoms with E-state index < -0.39 is 17.3 Å². The molecule has 0 radical (unpaired) electrons. The molecule has 0 saturated carbocycles. The highest BCUT2D eigenvalue weighted by Crippen LogP contribution is 2.33. The molecule has 6 nitrogen and oxygen atoms in total. The van der Waals surface area contributed by atoms with E-state index in [2.05, 4.69) is 0 Å². The van der Waals surface area contributed by atoms with Crippen molar-refractivity contribution in [3.63, 3.8) is 0 Å². The van der Waals surface area contributed by atoms with Crippen molar-refractivity contribution in [3.8, 4) is 28.7 Å². The molecule has 0 bridgehead atoms. The zero-order chi connectivity index (χ0) is 15.6. The van der Waals surface area contributed by atoms with Crippen molar-refractivity contribution < 1.29 is 30.0 Å². The molecule has 0 amide bonds. The molecular weight excluding hydrogens is 276 g/mol. The Morgan fingerprint density at radius 2 is 1.62 bits per heavy atom. The summed E-state index contributed by atoms with van der Waals surface area (Å²) in [4.78, 5) is 12.1. The van der Waals surface area contributed by atoms with Crippen molar-refractivity contribution in [1.82, 2.24) is 0 Å². The number of hydrogen-bond donors (Lipinski definition) is 4. The topological polar surface area (TPSA) is 107 Å². The van der Waals surface area contributed by atoms with Gasteiger partial charge in [-0.1, -0.05) is 6.07 Å². The fourth-order valence-corrected chi connectivity index (χ4v) is 1.99. The molecule has 0 unspecified atom stereocenters. The Hall–Kier alpha value is -2.89. The first-order valence-corrected chi connectivity index (χ1v) is 6.06. The Labute approximate surface area is 120 Å². The Balaban J connectivity index is 2.30. The first-order chi connectivity index (χ1) is 9.92. The van der Waals surface area contributed by atoms with Crippen LogP contribution in [0.4, 0.5) is 0 Å². The first kappa shape index (κ1) is 14.5. The highest BCUT2D eigenvalue weighted by atomic mass is 16.5. The number of ketones is 1. The van der Waals surface area contributed by atoms with Crippen LogP contribution in [0, 0.1) is 0 Å². The lowest BCUT2D eigenvalue weighted by atomic mass is 10.0. The van der Waals surface area contributed by atoms with Gasteiger partial charge in [0.25, 0.3) is 0 Å². The third-order valence-corrected chi connectivity index (χ3v) is 2.97. The summed E-state index contributed by atoms with van der Waals surface area (Å²) in [6.45, 7) is 0. The second kappa shape index (κ2) is 5.62. The van der Waals surface area contributed by atoms with Gasteiger partial charge in [-0.3, -0.25) is 4.79 Å². The third kappa shape index (κ3) is 3.00. The molecule has 2 rings (SSSR count). The molecule has 0 aliphatic rings. The maximum atomic E-state index is 12.1. The van der Waals surface area contributed by atoms with Gasteiger partial charge in [0.2, 0.25) is 0 Å². The van der Waals surface area contributed by atoms with Gasteiger partial charge in [-0.2, -0.15) is 0 Å². The van der Waals surface area contributed by atoms with Crippen molar-refractivity contribution >= 4 is 5.78 Å². The molecule has 0 aliphatic carbocycles. The molecule has 0 aliphatic heterocycles. The normalized spacial score (nSPS) is 10.3. The van der Waals surface area contributed by atoms with Gasteiger partial charge >= 0.3 is 0 Å². The molecule has 110 valence electrons. The molecule has 0 aromatic heterocycles. The highest BCUT2D eigenvalue weighted by molar-refractivity contribution is 6.02. The summed E-state index contributed by atoms with van der Waals surface area (Å²) in [5, 5.41) is 38.0. The van der Waals surface area contributed by atoms with Crippen LogP contribution in [0.2, 0.25) is 0 Å². The summed E-state index contributed by atoms with van der Waals surface area (Å²) in [5.41, 5.74) is 0.279. The van der Waals surface area contributed by atoms with Crippen LogP contribution >= 0.6 is 0 Å². The number of Topliss-reactive ketones (excluding diaryl/α,β-unsaturated/α-hetero) is 1. The van der Waals surface area contributed by atoms with Crippen LogP contribution < -0.4 is 4.74 Å². The number of methoxy groups -OCH3 is 1.